The van der Waals surface area contributed by atoms with Crippen molar-refractivity contribution in [1.82, 2.24) is 0 Å². The molecule has 3 nitrogen and oxygen atoms in total. The molecular formula is C13H12ClNO2S. The van der Waals surface area contributed by atoms with Gasteiger partial charge in [0.15, 0.2) is 6.10 Å². The molecule has 1 atom stereocenters. The summed E-state index contributed by atoms with van der Waals surface area (Å²) >= 11 is 6.96. The van der Waals surface area contributed by atoms with Crippen LogP contribution in [0.3, 0.4) is 0 Å². The lowest BCUT2D eigenvalue weighted by Crippen LogP contribution is -2.30. The van der Waals surface area contributed by atoms with E-state index in [9.17, 15) is 4.79 Å². The lowest BCUT2D eigenvalue weighted by atomic mass is 10.2. The smallest absolute Gasteiger partial charge is 0.255 e. The molecular weight excluding hydrogens is 270 g/mol. The minimum atomic E-state index is -0.689. The molecule has 0 saturated heterocycles. The Balaban J connectivity index is 1.98. The average molecular weight is 282 g/mol. The number of benzene rings is 1. The Bertz CT molecular complexity index is 487. The third-order valence-corrected chi connectivity index (χ3v) is 3.52. The molecule has 1 unspecified atom stereocenters. The summed E-state index contributed by atoms with van der Waals surface area (Å²) in [5.41, 5.74) is 0.729. The lowest BCUT2D eigenvalue weighted by Gasteiger charge is -2.12. The third-order valence-electron chi connectivity index (χ3n) is 2.41. The fraction of sp³-hybridized carbons (Fsp3) is 0.154. The molecule has 0 aliphatic rings. The summed E-state index contributed by atoms with van der Waals surface area (Å²) in [6, 6.07) is 13.1. The van der Waals surface area contributed by atoms with Crippen molar-refractivity contribution < 1.29 is 9.08 Å². The molecule has 2 aromatic rings. The maximum atomic E-state index is 12.0. The van der Waals surface area contributed by atoms with Gasteiger partial charge < -0.3 is 5.32 Å². The van der Waals surface area contributed by atoms with Gasteiger partial charge in [-0.1, -0.05) is 24.3 Å². The fourth-order valence-electron chi connectivity index (χ4n) is 1.52. The van der Waals surface area contributed by atoms with Crippen molar-refractivity contribution in [2.24, 2.45) is 0 Å². The Labute approximate surface area is 115 Å². The van der Waals surface area contributed by atoms with Gasteiger partial charge in [0.2, 0.25) is 0 Å². The van der Waals surface area contributed by atoms with Gasteiger partial charge in [0.05, 0.1) is 11.9 Å². The van der Waals surface area contributed by atoms with Gasteiger partial charge in [0.25, 0.3) is 5.91 Å². The monoisotopic (exact) mass is 281 g/mol. The van der Waals surface area contributed by atoms with E-state index in [1.54, 1.807) is 11.3 Å². The molecule has 0 aliphatic heterocycles. The number of halogens is 1. The quantitative estimate of drug-likeness (QED) is 0.911. The van der Waals surface area contributed by atoms with E-state index in [2.05, 4.69) is 5.32 Å². The summed E-state index contributed by atoms with van der Waals surface area (Å²) in [4.78, 5) is 13.0. The molecule has 0 fully saturated rings. The first-order valence-corrected chi connectivity index (χ1v) is 6.64. The molecule has 1 heterocycles. The SMILES string of the molecule is O=C(Nc1ccccc1)C(Cc1cccs1)OCl. The van der Waals surface area contributed by atoms with Crippen LogP contribution in [0.2, 0.25) is 0 Å². The van der Waals surface area contributed by atoms with Crippen molar-refractivity contribution in [3.63, 3.8) is 0 Å². The van der Waals surface area contributed by atoms with Crippen molar-refractivity contribution in [2.75, 3.05) is 5.32 Å². The van der Waals surface area contributed by atoms with Gasteiger partial charge in [-0.3, -0.25) is 9.08 Å². The zero-order chi connectivity index (χ0) is 12.8. The summed E-state index contributed by atoms with van der Waals surface area (Å²) in [5.74, 6) is -0.246. The first-order valence-electron chi connectivity index (χ1n) is 5.45. The molecule has 5 heteroatoms. The molecule has 0 bridgehead atoms. The van der Waals surface area contributed by atoms with Gasteiger partial charge in [-0.15, -0.1) is 11.3 Å². The number of amides is 1. The zero-order valence-corrected chi connectivity index (χ0v) is 11.1. The van der Waals surface area contributed by atoms with Crippen LogP contribution < -0.4 is 5.32 Å². The number of nitrogens with one attached hydrogen (secondary N) is 1. The van der Waals surface area contributed by atoms with Crippen molar-refractivity contribution in [3.8, 4) is 0 Å². The Morgan fingerprint density at radius 2 is 2.06 bits per heavy atom. The van der Waals surface area contributed by atoms with Crippen LogP contribution in [-0.4, -0.2) is 12.0 Å². The first-order chi connectivity index (χ1) is 8.79. The van der Waals surface area contributed by atoms with Gasteiger partial charge in [-0.2, -0.15) is 0 Å². The molecule has 1 N–H and O–H groups in total. The molecule has 94 valence electrons. The molecule has 18 heavy (non-hydrogen) atoms. The molecule has 0 radical (unpaired) electrons. The van der Waals surface area contributed by atoms with Crippen LogP contribution in [-0.2, 0) is 15.5 Å². The van der Waals surface area contributed by atoms with E-state index < -0.39 is 6.10 Å². The van der Waals surface area contributed by atoms with Crippen LogP contribution in [0.5, 0.6) is 0 Å². The second kappa shape index (κ2) is 6.54. The highest BCUT2D eigenvalue weighted by Crippen LogP contribution is 2.15. The molecule has 1 aromatic heterocycles. The van der Waals surface area contributed by atoms with E-state index in [0.717, 1.165) is 10.6 Å². The van der Waals surface area contributed by atoms with Gasteiger partial charge >= 0.3 is 0 Å². The van der Waals surface area contributed by atoms with Gasteiger partial charge in [-0.05, 0) is 23.6 Å². The zero-order valence-electron chi connectivity index (χ0n) is 9.51. The normalized spacial score (nSPS) is 12.1. The number of hydrogen-bond donors (Lipinski definition) is 1. The van der Waals surface area contributed by atoms with Crippen molar-refractivity contribution in [2.45, 2.75) is 12.5 Å². The predicted octanol–water partition coefficient (Wildman–Crippen LogP) is 3.47. The van der Waals surface area contributed by atoms with Crippen LogP contribution in [0.25, 0.3) is 0 Å². The number of rotatable bonds is 5. The number of hydrogen-bond acceptors (Lipinski definition) is 3. The molecule has 1 amide bonds. The van der Waals surface area contributed by atoms with Crippen LogP contribution in [0.4, 0.5) is 5.69 Å². The van der Waals surface area contributed by atoms with Crippen LogP contribution >= 0.6 is 23.2 Å². The minimum absolute atomic E-state index is 0.246. The summed E-state index contributed by atoms with van der Waals surface area (Å²) < 4.78 is 4.72. The Hall–Kier alpha value is -1.36. The van der Waals surface area contributed by atoms with Crippen molar-refractivity contribution in [1.29, 1.82) is 0 Å². The number of para-hydroxylation sites is 1. The lowest BCUT2D eigenvalue weighted by molar-refractivity contribution is -0.122. The molecule has 2 rings (SSSR count). The van der Waals surface area contributed by atoms with E-state index >= 15 is 0 Å². The van der Waals surface area contributed by atoms with Crippen LogP contribution in [0.1, 0.15) is 4.88 Å². The largest absolute Gasteiger partial charge is 0.324 e. The Kier molecular flexibility index (Phi) is 4.75. The highest BCUT2D eigenvalue weighted by atomic mass is 35.5. The average Bonchev–Trinajstić information content (AvgIpc) is 2.90. The number of carbonyl (C=O) groups excluding carboxylic acids is 1. The fourth-order valence-corrected chi connectivity index (χ4v) is 2.40. The first kappa shape index (κ1) is 13.1. The molecule has 0 spiro atoms. The van der Waals surface area contributed by atoms with Gasteiger partial charge in [-0.25, -0.2) is 0 Å². The molecule has 0 aliphatic carbocycles. The van der Waals surface area contributed by atoms with E-state index in [1.165, 1.54) is 0 Å². The van der Waals surface area contributed by atoms with Crippen LogP contribution in [0, 0.1) is 0 Å². The summed E-state index contributed by atoms with van der Waals surface area (Å²) in [6.07, 6.45) is -0.217. The Morgan fingerprint density at radius 1 is 1.28 bits per heavy atom. The summed E-state index contributed by atoms with van der Waals surface area (Å²) in [5, 5.41) is 4.72. The highest BCUT2D eigenvalue weighted by Gasteiger charge is 2.20. The predicted molar refractivity (Wildman–Crippen MR) is 73.8 cm³/mol. The van der Waals surface area contributed by atoms with Gasteiger partial charge in [0, 0.05) is 17.0 Å². The summed E-state index contributed by atoms with van der Waals surface area (Å²) in [6.45, 7) is 0. The third kappa shape index (κ3) is 3.57. The number of anilines is 1. The van der Waals surface area contributed by atoms with Crippen molar-refractivity contribution >= 4 is 34.8 Å². The maximum Gasteiger partial charge on any atom is 0.255 e. The number of carbonyl (C=O) groups is 1. The highest BCUT2D eigenvalue weighted by molar-refractivity contribution is 7.09. The second-order valence-corrected chi connectivity index (χ2v) is 4.93. The molecule has 0 saturated carbocycles. The van der Waals surface area contributed by atoms with E-state index in [4.69, 9.17) is 16.2 Å². The Morgan fingerprint density at radius 3 is 2.67 bits per heavy atom. The standard InChI is InChI=1S/C13H12ClNO2S/c14-17-12(9-11-7-4-8-18-11)13(16)15-10-5-2-1-3-6-10/h1-8,12H,9H2,(H,15,16). The van der Waals surface area contributed by atoms with Crippen LogP contribution in [0.15, 0.2) is 47.8 Å². The van der Waals surface area contributed by atoms with Gasteiger partial charge in [0.1, 0.15) is 0 Å². The molecule has 1 aromatic carbocycles. The second-order valence-electron chi connectivity index (χ2n) is 3.72. The van der Waals surface area contributed by atoms with E-state index in [1.807, 2.05) is 47.8 Å². The van der Waals surface area contributed by atoms with E-state index in [-0.39, 0.29) is 5.91 Å². The number of thiophene rings is 1. The maximum absolute atomic E-state index is 12.0. The van der Waals surface area contributed by atoms with E-state index in [0.29, 0.717) is 6.42 Å². The minimum Gasteiger partial charge on any atom is -0.324 e. The van der Waals surface area contributed by atoms with Crippen molar-refractivity contribution in [3.05, 3.63) is 52.7 Å². The summed E-state index contributed by atoms with van der Waals surface area (Å²) in [7, 11) is 0. The topological polar surface area (TPSA) is 38.3 Å².